The van der Waals surface area contributed by atoms with Crippen molar-refractivity contribution in [2.24, 2.45) is 0 Å². The number of hydrogen-bond acceptors (Lipinski definition) is 7. The fourth-order valence-corrected chi connectivity index (χ4v) is 2.37. The highest BCUT2D eigenvalue weighted by Gasteiger charge is 2.20. The van der Waals surface area contributed by atoms with Crippen LogP contribution in [-0.4, -0.2) is 41.3 Å². The smallest absolute Gasteiger partial charge is 0.325 e. The minimum absolute atomic E-state index is 0.00766. The molecule has 0 unspecified atom stereocenters. The SMILES string of the molecule is CCOC(=O)CN(C)c1ncnc2onc(-c3cccc(F)c3)c12. The van der Waals surface area contributed by atoms with Gasteiger partial charge in [-0.2, -0.15) is 4.98 Å². The van der Waals surface area contributed by atoms with Gasteiger partial charge in [-0.05, 0) is 19.1 Å². The summed E-state index contributed by atoms with van der Waals surface area (Å²) in [5.41, 5.74) is 1.21. The lowest BCUT2D eigenvalue weighted by molar-refractivity contribution is -0.141. The molecule has 0 saturated carbocycles. The van der Waals surface area contributed by atoms with Crippen LogP contribution in [0.1, 0.15) is 6.92 Å². The molecule has 0 aliphatic heterocycles. The molecule has 0 atom stereocenters. The van der Waals surface area contributed by atoms with E-state index >= 15 is 0 Å². The van der Waals surface area contributed by atoms with Gasteiger partial charge in [0.15, 0.2) is 0 Å². The van der Waals surface area contributed by atoms with E-state index in [1.807, 2.05) is 0 Å². The van der Waals surface area contributed by atoms with Crippen LogP contribution in [0, 0.1) is 5.82 Å². The third-order valence-corrected chi connectivity index (χ3v) is 3.38. The summed E-state index contributed by atoms with van der Waals surface area (Å²) in [5, 5.41) is 4.49. The van der Waals surface area contributed by atoms with Crippen LogP contribution in [0.2, 0.25) is 0 Å². The highest BCUT2D eigenvalue weighted by atomic mass is 19.1. The Morgan fingerprint density at radius 1 is 1.38 bits per heavy atom. The van der Waals surface area contributed by atoms with E-state index in [0.717, 1.165) is 0 Å². The molecule has 0 saturated heterocycles. The van der Waals surface area contributed by atoms with Crippen LogP contribution in [0.4, 0.5) is 10.2 Å². The number of fused-ring (bicyclic) bond motifs is 1. The molecule has 124 valence electrons. The number of halogens is 1. The molecule has 0 fully saturated rings. The number of hydrogen-bond donors (Lipinski definition) is 0. The zero-order chi connectivity index (χ0) is 17.1. The summed E-state index contributed by atoms with van der Waals surface area (Å²) in [5.74, 6) is -0.314. The van der Waals surface area contributed by atoms with E-state index < -0.39 is 0 Å². The molecule has 1 aromatic carbocycles. The number of esters is 1. The molecule has 0 radical (unpaired) electrons. The van der Waals surface area contributed by atoms with Gasteiger partial charge in [-0.15, -0.1) is 0 Å². The second kappa shape index (κ2) is 6.61. The lowest BCUT2D eigenvalue weighted by Crippen LogP contribution is -2.28. The molecule has 0 N–H and O–H groups in total. The second-order valence-corrected chi connectivity index (χ2v) is 5.08. The Bertz CT molecular complexity index is 881. The summed E-state index contributed by atoms with van der Waals surface area (Å²) in [6, 6.07) is 5.98. The summed E-state index contributed by atoms with van der Waals surface area (Å²) in [7, 11) is 1.70. The normalized spacial score (nSPS) is 10.8. The topological polar surface area (TPSA) is 81.4 Å². The van der Waals surface area contributed by atoms with Gasteiger partial charge in [0.2, 0.25) is 0 Å². The van der Waals surface area contributed by atoms with E-state index in [1.54, 1.807) is 31.0 Å². The van der Waals surface area contributed by atoms with Crippen LogP contribution in [0.15, 0.2) is 35.1 Å². The van der Waals surface area contributed by atoms with Crippen LogP contribution >= 0.6 is 0 Å². The number of carbonyl (C=O) groups is 1. The van der Waals surface area contributed by atoms with Crippen molar-refractivity contribution in [1.82, 2.24) is 15.1 Å². The average Bonchev–Trinajstić information content (AvgIpc) is 2.99. The molecular formula is C16H15FN4O3. The molecular weight excluding hydrogens is 315 g/mol. The van der Waals surface area contributed by atoms with Crippen molar-refractivity contribution in [1.29, 1.82) is 0 Å². The van der Waals surface area contributed by atoms with Crippen LogP contribution in [0.25, 0.3) is 22.4 Å². The van der Waals surface area contributed by atoms with E-state index in [2.05, 4.69) is 15.1 Å². The van der Waals surface area contributed by atoms with Crippen LogP contribution in [0.3, 0.4) is 0 Å². The van der Waals surface area contributed by atoms with Gasteiger partial charge in [-0.1, -0.05) is 17.3 Å². The maximum atomic E-state index is 13.5. The Morgan fingerprint density at radius 3 is 2.96 bits per heavy atom. The van der Waals surface area contributed by atoms with Gasteiger partial charge in [0, 0.05) is 12.6 Å². The second-order valence-electron chi connectivity index (χ2n) is 5.08. The molecule has 3 aromatic rings. The molecule has 0 bridgehead atoms. The number of likely N-dealkylation sites (N-methyl/N-ethyl adjacent to an activating group) is 1. The van der Waals surface area contributed by atoms with Crippen LogP contribution < -0.4 is 4.90 Å². The lowest BCUT2D eigenvalue weighted by Gasteiger charge is -2.17. The van der Waals surface area contributed by atoms with Crippen molar-refractivity contribution in [2.45, 2.75) is 6.92 Å². The van der Waals surface area contributed by atoms with E-state index in [0.29, 0.717) is 29.1 Å². The quantitative estimate of drug-likeness (QED) is 0.664. The molecule has 0 amide bonds. The standard InChI is InChI=1S/C16H15FN4O3/c1-3-23-12(22)8-21(2)15-13-14(10-5-4-6-11(17)7-10)20-24-16(13)19-9-18-15/h4-7,9H,3,8H2,1-2H3. The van der Waals surface area contributed by atoms with Gasteiger partial charge in [0.25, 0.3) is 5.71 Å². The molecule has 2 heterocycles. The lowest BCUT2D eigenvalue weighted by atomic mass is 10.1. The minimum Gasteiger partial charge on any atom is -0.465 e. The van der Waals surface area contributed by atoms with E-state index in [4.69, 9.17) is 9.26 Å². The molecule has 24 heavy (non-hydrogen) atoms. The van der Waals surface area contributed by atoms with Gasteiger partial charge < -0.3 is 14.2 Å². The Hall–Kier alpha value is -3.03. The molecule has 0 spiro atoms. The Morgan fingerprint density at radius 2 is 2.21 bits per heavy atom. The third kappa shape index (κ3) is 3.03. The van der Waals surface area contributed by atoms with Crippen molar-refractivity contribution in [3.63, 3.8) is 0 Å². The number of ether oxygens (including phenoxy) is 1. The first kappa shape index (κ1) is 15.9. The number of nitrogens with zero attached hydrogens (tertiary/aromatic N) is 4. The monoisotopic (exact) mass is 330 g/mol. The first-order valence-electron chi connectivity index (χ1n) is 7.33. The molecule has 0 aliphatic rings. The average molecular weight is 330 g/mol. The number of rotatable bonds is 5. The van der Waals surface area contributed by atoms with Crippen molar-refractivity contribution in [2.75, 3.05) is 25.1 Å². The summed E-state index contributed by atoms with van der Waals surface area (Å²) in [6.45, 7) is 2.05. The third-order valence-electron chi connectivity index (χ3n) is 3.38. The summed E-state index contributed by atoms with van der Waals surface area (Å²) < 4.78 is 23.7. The van der Waals surface area contributed by atoms with E-state index in [-0.39, 0.29) is 24.0 Å². The predicted molar refractivity (Wildman–Crippen MR) is 84.9 cm³/mol. The molecule has 0 aliphatic carbocycles. The summed E-state index contributed by atoms with van der Waals surface area (Å²) >= 11 is 0. The van der Waals surface area contributed by atoms with Crippen LogP contribution in [-0.2, 0) is 9.53 Å². The van der Waals surface area contributed by atoms with Gasteiger partial charge >= 0.3 is 5.97 Å². The zero-order valence-electron chi connectivity index (χ0n) is 13.2. The van der Waals surface area contributed by atoms with Crippen molar-refractivity contribution in [3.05, 3.63) is 36.4 Å². The number of benzene rings is 1. The highest BCUT2D eigenvalue weighted by Crippen LogP contribution is 2.32. The summed E-state index contributed by atoms with van der Waals surface area (Å²) in [4.78, 5) is 21.6. The maximum absolute atomic E-state index is 13.5. The van der Waals surface area contributed by atoms with Crippen molar-refractivity contribution in [3.8, 4) is 11.3 Å². The Kier molecular flexibility index (Phi) is 4.37. The zero-order valence-corrected chi connectivity index (χ0v) is 13.2. The first-order chi connectivity index (χ1) is 11.6. The fraction of sp³-hybridized carbons (Fsp3) is 0.250. The number of carbonyl (C=O) groups excluding carboxylic acids is 1. The Balaban J connectivity index is 2.06. The Labute approximate surface area is 137 Å². The predicted octanol–water partition coefficient (Wildman–Crippen LogP) is 2.42. The van der Waals surface area contributed by atoms with Gasteiger partial charge in [0.05, 0.1) is 6.61 Å². The van der Waals surface area contributed by atoms with E-state index in [1.165, 1.54) is 18.5 Å². The van der Waals surface area contributed by atoms with Crippen molar-refractivity contribution < 1.29 is 18.4 Å². The first-order valence-corrected chi connectivity index (χ1v) is 7.33. The highest BCUT2D eigenvalue weighted by molar-refractivity contribution is 5.98. The molecule has 2 aromatic heterocycles. The molecule has 8 heteroatoms. The van der Waals surface area contributed by atoms with Crippen LogP contribution in [0.5, 0.6) is 0 Å². The van der Waals surface area contributed by atoms with Crippen molar-refractivity contribution >= 4 is 22.9 Å². The number of aromatic nitrogens is 3. The molecule has 7 nitrogen and oxygen atoms in total. The number of anilines is 1. The largest absolute Gasteiger partial charge is 0.465 e. The minimum atomic E-state index is -0.387. The van der Waals surface area contributed by atoms with Gasteiger partial charge in [-0.3, -0.25) is 4.79 Å². The van der Waals surface area contributed by atoms with E-state index in [9.17, 15) is 9.18 Å². The van der Waals surface area contributed by atoms with Gasteiger partial charge in [0.1, 0.15) is 35.6 Å². The fourth-order valence-electron chi connectivity index (χ4n) is 2.37. The summed E-state index contributed by atoms with van der Waals surface area (Å²) in [6.07, 6.45) is 1.32. The van der Waals surface area contributed by atoms with Gasteiger partial charge in [-0.25, -0.2) is 9.37 Å². The molecule has 3 rings (SSSR count). The maximum Gasteiger partial charge on any atom is 0.325 e.